The van der Waals surface area contributed by atoms with Crippen LogP contribution in [0.5, 0.6) is 5.88 Å². The highest BCUT2D eigenvalue weighted by Crippen LogP contribution is 2.29. The van der Waals surface area contributed by atoms with Gasteiger partial charge in [-0.3, -0.25) is 4.79 Å². The van der Waals surface area contributed by atoms with Crippen LogP contribution in [0.3, 0.4) is 0 Å². The van der Waals surface area contributed by atoms with E-state index in [2.05, 4.69) is 46.3 Å². The summed E-state index contributed by atoms with van der Waals surface area (Å²) in [5.74, 6) is 0.421. The minimum Gasteiger partial charge on any atom is -0.474 e. The molecule has 9 heteroatoms. The molecular weight excluding hydrogens is 404 g/mol. The minimum absolute atomic E-state index is 0.166. The van der Waals surface area contributed by atoms with Crippen molar-refractivity contribution in [2.75, 3.05) is 25.6 Å². The summed E-state index contributed by atoms with van der Waals surface area (Å²) in [6.45, 7) is 5.62. The highest BCUT2D eigenvalue weighted by Gasteiger charge is 2.17. The van der Waals surface area contributed by atoms with E-state index >= 15 is 0 Å². The van der Waals surface area contributed by atoms with Gasteiger partial charge in [-0.15, -0.1) is 0 Å². The molecule has 0 N–H and O–H groups in total. The number of esters is 1. The number of carbonyl (C=O) groups excluding carboxylic acids is 1. The average molecular weight is 431 g/mol. The van der Waals surface area contributed by atoms with Crippen LogP contribution >= 0.6 is 11.8 Å². The van der Waals surface area contributed by atoms with Crippen LogP contribution in [0.15, 0.2) is 35.6 Å². The molecule has 160 valence electrons. The number of thioether (sulfide) groups is 1. The van der Waals surface area contributed by atoms with Gasteiger partial charge < -0.3 is 14.2 Å². The first-order valence-electron chi connectivity index (χ1n) is 9.86. The van der Waals surface area contributed by atoms with Crippen molar-refractivity contribution in [3.63, 3.8) is 0 Å². The molecular formula is C21H26N4O4S. The van der Waals surface area contributed by atoms with Crippen LogP contribution in [0.4, 0.5) is 0 Å². The van der Waals surface area contributed by atoms with Gasteiger partial charge in [0.25, 0.3) is 0 Å². The van der Waals surface area contributed by atoms with Crippen LogP contribution in [-0.2, 0) is 34.3 Å². The molecule has 0 bridgehead atoms. The smallest absolute Gasteiger partial charge is 0.316 e. The summed E-state index contributed by atoms with van der Waals surface area (Å²) < 4.78 is 18.2. The van der Waals surface area contributed by atoms with Crippen molar-refractivity contribution in [2.24, 2.45) is 7.05 Å². The lowest BCUT2D eigenvalue weighted by molar-refractivity contribution is -0.139. The number of hydrogen-bond acceptors (Lipinski definition) is 8. The zero-order chi connectivity index (χ0) is 21.3. The number of carbonyl (C=O) groups is 1. The molecule has 0 atom stereocenters. The third-order valence-corrected chi connectivity index (χ3v) is 5.29. The fraction of sp³-hybridized carbons (Fsp3) is 0.429. The van der Waals surface area contributed by atoms with Gasteiger partial charge in [-0.2, -0.15) is 5.10 Å². The maximum atomic E-state index is 11.6. The van der Waals surface area contributed by atoms with E-state index in [-0.39, 0.29) is 11.7 Å². The second kappa shape index (κ2) is 10.9. The van der Waals surface area contributed by atoms with Crippen molar-refractivity contribution in [1.82, 2.24) is 19.7 Å². The number of hydrogen-bond donors (Lipinski definition) is 0. The van der Waals surface area contributed by atoms with Crippen LogP contribution < -0.4 is 4.74 Å². The number of benzene rings is 1. The normalized spacial score (nSPS) is 11.0. The van der Waals surface area contributed by atoms with Gasteiger partial charge in [0.05, 0.1) is 25.6 Å². The van der Waals surface area contributed by atoms with Gasteiger partial charge in [-0.05, 0) is 24.5 Å². The van der Waals surface area contributed by atoms with E-state index in [1.165, 1.54) is 23.7 Å². The lowest BCUT2D eigenvalue weighted by atomic mass is 10.1. The molecule has 3 rings (SSSR count). The molecule has 0 radical (unpaired) electrons. The van der Waals surface area contributed by atoms with Crippen molar-refractivity contribution in [1.29, 1.82) is 0 Å². The van der Waals surface area contributed by atoms with E-state index in [9.17, 15) is 4.79 Å². The maximum absolute atomic E-state index is 11.6. The van der Waals surface area contributed by atoms with Gasteiger partial charge in [0.2, 0.25) is 5.88 Å². The lowest BCUT2D eigenvalue weighted by Gasteiger charge is -2.08. The molecule has 0 unspecified atom stereocenters. The Bertz CT molecular complexity index is 975. The third-order valence-electron chi connectivity index (χ3n) is 4.33. The van der Waals surface area contributed by atoms with Gasteiger partial charge in [0.15, 0.2) is 5.52 Å². The Balaban J connectivity index is 1.54. The number of ether oxygens (including phenoxy) is 3. The third kappa shape index (κ3) is 5.70. The number of rotatable bonds is 11. The fourth-order valence-electron chi connectivity index (χ4n) is 2.81. The summed E-state index contributed by atoms with van der Waals surface area (Å²) in [7, 11) is 1.78. The monoisotopic (exact) mass is 430 g/mol. The number of aryl methyl sites for hydroxylation is 2. The van der Waals surface area contributed by atoms with E-state index in [4.69, 9.17) is 14.2 Å². The van der Waals surface area contributed by atoms with Crippen molar-refractivity contribution in [3.05, 3.63) is 41.7 Å². The van der Waals surface area contributed by atoms with Gasteiger partial charge in [-0.1, -0.05) is 43.0 Å². The molecule has 0 aliphatic carbocycles. The minimum atomic E-state index is -0.289. The van der Waals surface area contributed by atoms with Crippen molar-refractivity contribution < 1.29 is 19.0 Å². The highest BCUT2D eigenvalue weighted by molar-refractivity contribution is 8.00. The van der Waals surface area contributed by atoms with E-state index in [1.807, 2.05) is 0 Å². The van der Waals surface area contributed by atoms with Crippen molar-refractivity contribution >= 4 is 28.8 Å². The predicted molar refractivity (Wildman–Crippen MR) is 115 cm³/mol. The first-order chi connectivity index (χ1) is 14.6. The van der Waals surface area contributed by atoms with E-state index in [1.54, 1.807) is 18.7 Å². The second-order valence-corrected chi connectivity index (χ2v) is 7.43. The Kier molecular flexibility index (Phi) is 8.04. The van der Waals surface area contributed by atoms with Gasteiger partial charge in [0, 0.05) is 7.05 Å². The summed E-state index contributed by atoms with van der Waals surface area (Å²) in [5, 5.41) is 5.07. The molecule has 1 aromatic carbocycles. The van der Waals surface area contributed by atoms with E-state index in [0.717, 1.165) is 12.0 Å². The molecule has 2 heterocycles. The van der Waals surface area contributed by atoms with Crippen molar-refractivity contribution in [3.8, 4) is 5.88 Å². The fourth-order valence-corrected chi connectivity index (χ4v) is 3.55. The SMILES string of the molecule is CCOC(=O)CSc1ncnc2c(OCCOCc3ccc(CC)cc3)n(C)nc12. The van der Waals surface area contributed by atoms with Crippen LogP contribution in [0, 0.1) is 0 Å². The Hall–Kier alpha value is -2.65. The summed E-state index contributed by atoms with van der Waals surface area (Å²) in [6.07, 6.45) is 2.47. The molecule has 30 heavy (non-hydrogen) atoms. The zero-order valence-electron chi connectivity index (χ0n) is 17.5. The topological polar surface area (TPSA) is 88.4 Å². The molecule has 8 nitrogen and oxygen atoms in total. The molecule has 2 aromatic heterocycles. The largest absolute Gasteiger partial charge is 0.474 e. The van der Waals surface area contributed by atoms with Gasteiger partial charge >= 0.3 is 5.97 Å². The first-order valence-corrected chi connectivity index (χ1v) is 10.8. The Morgan fingerprint density at radius 3 is 2.57 bits per heavy atom. The van der Waals surface area contributed by atoms with Crippen LogP contribution in [-0.4, -0.2) is 51.3 Å². The van der Waals surface area contributed by atoms with Crippen LogP contribution in [0.1, 0.15) is 25.0 Å². The van der Waals surface area contributed by atoms with E-state index in [0.29, 0.717) is 48.4 Å². The average Bonchev–Trinajstić information content (AvgIpc) is 3.08. The first kappa shape index (κ1) is 22.0. The molecule has 0 spiro atoms. The number of fused-ring (bicyclic) bond motifs is 1. The lowest BCUT2D eigenvalue weighted by Crippen LogP contribution is -2.09. The Labute approximate surface area is 179 Å². The van der Waals surface area contributed by atoms with Crippen LogP contribution in [0.2, 0.25) is 0 Å². The maximum Gasteiger partial charge on any atom is 0.316 e. The molecule has 0 aliphatic rings. The zero-order valence-corrected chi connectivity index (χ0v) is 18.3. The summed E-state index contributed by atoms with van der Waals surface area (Å²) >= 11 is 1.27. The molecule has 0 fully saturated rings. The summed E-state index contributed by atoms with van der Waals surface area (Å²) in [4.78, 5) is 20.1. The van der Waals surface area contributed by atoms with Gasteiger partial charge in [-0.25, -0.2) is 14.6 Å². The highest BCUT2D eigenvalue weighted by atomic mass is 32.2. The summed E-state index contributed by atoms with van der Waals surface area (Å²) in [6, 6.07) is 8.41. The Morgan fingerprint density at radius 1 is 1.07 bits per heavy atom. The molecule has 0 amide bonds. The van der Waals surface area contributed by atoms with Gasteiger partial charge in [0.1, 0.15) is 23.5 Å². The molecule has 0 saturated carbocycles. The van der Waals surface area contributed by atoms with E-state index < -0.39 is 0 Å². The van der Waals surface area contributed by atoms with Crippen LogP contribution in [0.25, 0.3) is 11.0 Å². The molecule has 3 aromatic rings. The van der Waals surface area contributed by atoms with Crippen molar-refractivity contribution in [2.45, 2.75) is 31.9 Å². The number of aromatic nitrogens is 4. The number of nitrogens with zero attached hydrogens (tertiary/aromatic N) is 4. The quantitative estimate of drug-likeness (QED) is 0.198. The molecule has 0 aliphatic heterocycles. The standard InChI is InChI=1S/C21H26N4O4S/c1-4-15-6-8-16(9-7-15)12-27-10-11-29-21-19-18(24-25(21)3)20(23-14-22-19)30-13-17(26)28-5-2/h6-9,14H,4-5,10-13H2,1-3H3. The Morgan fingerprint density at radius 2 is 1.83 bits per heavy atom. The summed E-state index contributed by atoms with van der Waals surface area (Å²) in [5.41, 5.74) is 3.65. The molecule has 0 saturated heterocycles. The predicted octanol–water partition coefficient (Wildman–Crippen LogP) is 3.18. The second-order valence-electron chi connectivity index (χ2n) is 6.47.